The van der Waals surface area contributed by atoms with Gasteiger partial charge in [-0.15, -0.1) is 0 Å². The number of urea groups is 1. The molecule has 134 valence electrons. The maximum Gasteiger partial charge on any atom is 0.323 e. The van der Waals surface area contributed by atoms with E-state index in [0.717, 1.165) is 21.2 Å². The molecule has 4 rings (SSSR count). The number of aromatic nitrogens is 4. The van der Waals surface area contributed by atoms with Crippen molar-refractivity contribution in [2.45, 2.75) is 0 Å². The summed E-state index contributed by atoms with van der Waals surface area (Å²) in [5, 5.41) is 9.76. The number of carbonyl (C=O) groups excluding carboxylic acids is 1. The SMILES string of the molecule is Cn1cc(-c2cnc3ccc(NC(=O)Nc4cccc(Br)c4)cc3n2)cn1. The molecule has 0 saturated carbocycles. The van der Waals surface area contributed by atoms with Crippen molar-refractivity contribution in [3.63, 3.8) is 0 Å². The highest BCUT2D eigenvalue weighted by Gasteiger charge is 2.08. The topological polar surface area (TPSA) is 84.7 Å². The van der Waals surface area contributed by atoms with E-state index >= 15 is 0 Å². The molecule has 0 saturated heterocycles. The third-order valence-corrected chi connectivity index (χ3v) is 4.38. The summed E-state index contributed by atoms with van der Waals surface area (Å²) in [7, 11) is 1.85. The predicted molar refractivity (Wildman–Crippen MR) is 109 cm³/mol. The van der Waals surface area contributed by atoms with E-state index in [1.807, 2.05) is 43.6 Å². The molecule has 0 aliphatic rings. The van der Waals surface area contributed by atoms with Crippen LogP contribution in [0.15, 0.2) is 65.5 Å². The van der Waals surface area contributed by atoms with Crippen LogP contribution in [0.25, 0.3) is 22.3 Å². The molecule has 2 N–H and O–H groups in total. The lowest BCUT2D eigenvalue weighted by molar-refractivity contribution is 0.262. The lowest BCUT2D eigenvalue weighted by Gasteiger charge is -2.09. The fourth-order valence-corrected chi connectivity index (χ4v) is 3.04. The molecule has 4 aromatic rings. The van der Waals surface area contributed by atoms with Gasteiger partial charge in [-0.05, 0) is 36.4 Å². The Hall–Kier alpha value is -3.26. The lowest BCUT2D eigenvalue weighted by Crippen LogP contribution is -2.19. The maximum absolute atomic E-state index is 12.2. The minimum Gasteiger partial charge on any atom is -0.308 e. The highest BCUT2D eigenvalue weighted by Crippen LogP contribution is 2.21. The summed E-state index contributed by atoms with van der Waals surface area (Å²) < 4.78 is 2.61. The van der Waals surface area contributed by atoms with Crippen LogP contribution in [0.3, 0.4) is 0 Å². The molecule has 0 fully saturated rings. The molecule has 0 spiro atoms. The highest BCUT2D eigenvalue weighted by molar-refractivity contribution is 9.10. The van der Waals surface area contributed by atoms with Gasteiger partial charge in [0.05, 0.1) is 29.1 Å². The monoisotopic (exact) mass is 422 g/mol. The summed E-state index contributed by atoms with van der Waals surface area (Å²) >= 11 is 3.38. The van der Waals surface area contributed by atoms with Gasteiger partial charge in [0.25, 0.3) is 0 Å². The molecule has 2 aromatic heterocycles. The van der Waals surface area contributed by atoms with Gasteiger partial charge in [-0.25, -0.2) is 9.78 Å². The van der Waals surface area contributed by atoms with Crippen LogP contribution in [0.4, 0.5) is 16.2 Å². The molecule has 2 heterocycles. The lowest BCUT2D eigenvalue weighted by atomic mass is 10.2. The minimum absolute atomic E-state index is 0.330. The molecule has 2 aromatic carbocycles. The van der Waals surface area contributed by atoms with Crippen LogP contribution in [0.5, 0.6) is 0 Å². The van der Waals surface area contributed by atoms with Gasteiger partial charge in [0.1, 0.15) is 0 Å². The molecule has 7 nitrogen and oxygen atoms in total. The van der Waals surface area contributed by atoms with Gasteiger partial charge in [0.15, 0.2) is 0 Å². The molecular formula is C19H15BrN6O. The Morgan fingerprint density at radius 3 is 2.59 bits per heavy atom. The standard InChI is InChI=1S/C19H15BrN6O/c1-26-11-12(9-22-26)18-10-21-16-6-5-15(8-17(16)25-18)24-19(27)23-14-4-2-3-13(20)7-14/h2-11H,1H3,(H2,23,24,27). The van der Waals surface area contributed by atoms with Crippen molar-refractivity contribution >= 4 is 44.4 Å². The second-order valence-electron chi connectivity index (χ2n) is 5.95. The van der Waals surface area contributed by atoms with Crippen LogP contribution in [0.2, 0.25) is 0 Å². The van der Waals surface area contributed by atoms with Crippen molar-refractivity contribution < 1.29 is 4.79 Å². The van der Waals surface area contributed by atoms with E-state index in [2.05, 4.69) is 41.6 Å². The average Bonchev–Trinajstić information content (AvgIpc) is 3.07. The second kappa shape index (κ2) is 7.16. The molecule has 0 aliphatic carbocycles. The number of amides is 2. The quantitative estimate of drug-likeness (QED) is 0.511. The number of rotatable bonds is 3. The molecule has 0 aliphatic heterocycles. The van der Waals surface area contributed by atoms with Gasteiger partial charge in [-0.2, -0.15) is 5.10 Å². The van der Waals surface area contributed by atoms with E-state index in [4.69, 9.17) is 0 Å². The summed E-state index contributed by atoms with van der Waals surface area (Å²) in [6.45, 7) is 0. The fourth-order valence-electron chi connectivity index (χ4n) is 2.64. The van der Waals surface area contributed by atoms with Gasteiger partial charge in [-0.1, -0.05) is 22.0 Å². The van der Waals surface area contributed by atoms with E-state index in [1.54, 1.807) is 29.2 Å². The van der Waals surface area contributed by atoms with Crippen LogP contribution >= 0.6 is 15.9 Å². The Morgan fingerprint density at radius 1 is 1.04 bits per heavy atom. The van der Waals surface area contributed by atoms with Gasteiger partial charge >= 0.3 is 6.03 Å². The fraction of sp³-hybridized carbons (Fsp3) is 0.0526. The van der Waals surface area contributed by atoms with Crippen molar-refractivity contribution in [3.8, 4) is 11.3 Å². The van der Waals surface area contributed by atoms with Gasteiger partial charge in [0.2, 0.25) is 0 Å². The average molecular weight is 423 g/mol. The molecule has 0 unspecified atom stereocenters. The largest absolute Gasteiger partial charge is 0.323 e. The van der Waals surface area contributed by atoms with Crippen molar-refractivity contribution in [1.29, 1.82) is 0 Å². The third-order valence-electron chi connectivity index (χ3n) is 3.88. The van der Waals surface area contributed by atoms with Crippen molar-refractivity contribution in [2.24, 2.45) is 7.05 Å². The van der Waals surface area contributed by atoms with Crippen molar-refractivity contribution in [2.75, 3.05) is 10.6 Å². The zero-order valence-electron chi connectivity index (χ0n) is 14.3. The summed E-state index contributed by atoms with van der Waals surface area (Å²) in [5.74, 6) is 0. The number of fused-ring (bicyclic) bond motifs is 1. The predicted octanol–water partition coefficient (Wildman–Crippen LogP) is 4.44. The zero-order valence-corrected chi connectivity index (χ0v) is 15.9. The smallest absolute Gasteiger partial charge is 0.308 e. The van der Waals surface area contributed by atoms with E-state index in [9.17, 15) is 4.79 Å². The number of hydrogen-bond donors (Lipinski definition) is 2. The zero-order chi connectivity index (χ0) is 18.8. The maximum atomic E-state index is 12.2. The number of anilines is 2. The molecule has 0 atom stereocenters. The number of aryl methyl sites for hydroxylation is 1. The normalized spacial score (nSPS) is 10.7. The van der Waals surface area contributed by atoms with Crippen LogP contribution in [-0.2, 0) is 7.05 Å². The van der Waals surface area contributed by atoms with Crippen LogP contribution in [0, 0.1) is 0 Å². The number of hydrogen-bond acceptors (Lipinski definition) is 4. The van der Waals surface area contributed by atoms with Crippen LogP contribution in [0.1, 0.15) is 0 Å². The molecular weight excluding hydrogens is 408 g/mol. The van der Waals surface area contributed by atoms with Crippen LogP contribution < -0.4 is 10.6 Å². The summed E-state index contributed by atoms with van der Waals surface area (Å²) in [5.41, 5.74) is 4.38. The highest BCUT2D eigenvalue weighted by atomic mass is 79.9. The Balaban J connectivity index is 1.56. The second-order valence-corrected chi connectivity index (χ2v) is 6.87. The van der Waals surface area contributed by atoms with E-state index in [1.165, 1.54) is 0 Å². The van der Waals surface area contributed by atoms with Crippen molar-refractivity contribution in [1.82, 2.24) is 19.7 Å². The first-order valence-electron chi connectivity index (χ1n) is 8.16. The first-order valence-corrected chi connectivity index (χ1v) is 8.95. The van der Waals surface area contributed by atoms with Gasteiger partial charge in [-0.3, -0.25) is 9.67 Å². The van der Waals surface area contributed by atoms with Crippen molar-refractivity contribution in [3.05, 3.63) is 65.5 Å². The van der Waals surface area contributed by atoms with E-state index < -0.39 is 0 Å². The van der Waals surface area contributed by atoms with Gasteiger partial charge < -0.3 is 10.6 Å². The molecule has 8 heteroatoms. The molecule has 2 amide bonds. The first-order chi connectivity index (χ1) is 13.1. The Morgan fingerprint density at radius 2 is 1.85 bits per heavy atom. The minimum atomic E-state index is -0.330. The summed E-state index contributed by atoms with van der Waals surface area (Å²) in [4.78, 5) is 21.3. The molecule has 0 bridgehead atoms. The van der Waals surface area contributed by atoms with E-state index in [-0.39, 0.29) is 6.03 Å². The molecule has 0 radical (unpaired) electrons. The molecule has 27 heavy (non-hydrogen) atoms. The van der Waals surface area contributed by atoms with Crippen LogP contribution in [-0.4, -0.2) is 25.8 Å². The summed E-state index contributed by atoms with van der Waals surface area (Å²) in [6, 6.07) is 12.5. The summed E-state index contributed by atoms with van der Waals surface area (Å²) in [6.07, 6.45) is 5.33. The number of halogens is 1. The first kappa shape index (κ1) is 17.2. The Kier molecular flexibility index (Phi) is 4.55. The number of benzene rings is 2. The Labute approximate surface area is 163 Å². The third kappa shape index (κ3) is 3.95. The number of carbonyl (C=O) groups is 1. The van der Waals surface area contributed by atoms with E-state index in [0.29, 0.717) is 16.9 Å². The van der Waals surface area contributed by atoms with Gasteiger partial charge in [0, 0.05) is 34.7 Å². The number of nitrogens with zero attached hydrogens (tertiary/aromatic N) is 4. The number of nitrogens with one attached hydrogen (secondary N) is 2. The Bertz CT molecular complexity index is 1140.